The molecule has 0 saturated heterocycles. The maximum atomic E-state index is 11.9. The molecule has 0 radical (unpaired) electrons. The predicted molar refractivity (Wildman–Crippen MR) is 72.1 cm³/mol. The summed E-state index contributed by atoms with van der Waals surface area (Å²) in [6, 6.07) is 3.70. The summed E-state index contributed by atoms with van der Waals surface area (Å²) in [6.45, 7) is 6.41. The fraction of sp³-hybridized carbons (Fsp3) is 0.357. The minimum Gasteiger partial charge on any atom is -0.467 e. The first-order valence-electron chi connectivity index (χ1n) is 6.20. The van der Waals surface area contributed by atoms with Gasteiger partial charge in [0.05, 0.1) is 19.4 Å². The Bertz CT molecular complexity index is 582. The quantitative estimate of drug-likeness (QED) is 0.859. The number of esters is 1. The van der Waals surface area contributed by atoms with Gasteiger partial charge in [0.1, 0.15) is 17.1 Å². The zero-order valence-corrected chi connectivity index (χ0v) is 11.4. The summed E-state index contributed by atoms with van der Waals surface area (Å²) in [5.41, 5.74) is 8.31. The van der Waals surface area contributed by atoms with Crippen molar-refractivity contribution in [3.8, 4) is 0 Å². The van der Waals surface area contributed by atoms with Gasteiger partial charge >= 0.3 is 5.97 Å². The average Bonchev–Trinajstić information content (AvgIpc) is 2.94. The molecule has 2 aromatic rings. The standard InChI is InChI=1S/C14H18N2O3/c1-4-18-14(17)12-9(2)10(3)16(13(12)15)8-11-6-5-7-19-11/h5-7H,4,8,15H2,1-3H3. The number of hydrogen-bond donors (Lipinski definition) is 1. The topological polar surface area (TPSA) is 70.4 Å². The van der Waals surface area contributed by atoms with Crippen LogP contribution >= 0.6 is 0 Å². The molecule has 5 heteroatoms. The normalized spacial score (nSPS) is 10.7. The smallest absolute Gasteiger partial charge is 0.342 e. The fourth-order valence-electron chi connectivity index (χ4n) is 2.11. The Morgan fingerprint density at radius 1 is 1.47 bits per heavy atom. The Kier molecular flexibility index (Phi) is 3.64. The Morgan fingerprint density at radius 3 is 2.79 bits per heavy atom. The molecule has 0 bridgehead atoms. The molecule has 2 heterocycles. The largest absolute Gasteiger partial charge is 0.467 e. The third-order valence-corrected chi connectivity index (χ3v) is 3.24. The molecule has 0 unspecified atom stereocenters. The first-order chi connectivity index (χ1) is 9.06. The van der Waals surface area contributed by atoms with Crippen molar-refractivity contribution in [2.75, 3.05) is 12.3 Å². The van der Waals surface area contributed by atoms with E-state index < -0.39 is 0 Å². The summed E-state index contributed by atoms with van der Waals surface area (Å²) < 4.78 is 12.2. The molecule has 5 nitrogen and oxygen atoms in total. The third-order valence-electron chi connectivity index (χ3n) is 3.24. The lowest BCUT2D eigenvalue weighted by Gasteiger charge is -2.07. The molecular formula is C14H18N2O3. The van der Waals surface area contributed by atoms with Crippen LogP contribution in [-0.2, 0) is 11.3 Å². The predicted octanol–water partition coefficient (Wildman–Crippen LogP) is 2.51. The molecule has 19 heavy (non-hydrogen) atoms. The number of rotatable bonds is 4. The lowest BCUT2D eigenvalue weighted by Crippen LogP contribution is -2.10. The Hall–Kier alpha value is -2.17. The van der Waals surface area contributed by atoms with Gasteiger partial charge in [0.25, 0.3) is 0 Å². The monoisotopic (exact) mass is 262 g/mol. The van der Waals surface area contributed by atoms with Crippen molar-refractivity contribution in [1.29, 1.82) is 0 Å². The number of nitrogens with zero attached hydrogens (tertiary/aromatic N) is 1. The van der Waals surface area contributed by atoms with E-state index in [1.54, 1.807) is 13.2 Å². The molecular weight excluding hydrogens is 244 g/mol. The van der Waals surface area contributed by atoms with Gasteiger partial charge in [-0.1, -0.05) is 0 Å². The van der Waals surface area contributed by atoms with E-state index in [4.69, 9.17) is 14.9 Å². The van der Waals surface area contributed by atoms with Crippen LogP contribution in [0, 0.1) is 13.8 Å². The number of furan rings is 1. The van der Waals surface area contributed by atoms with E-state index in [9.17, 15) is 4.79 Å². The summed E-state index contributed by atoms with van der Waals surface area (Å²) in [7, 11) is 0. The number of carbonyl (C=O) groups excluding carboxylic acids is 1. The number of nitrogens with two attached hydrogens (primary N) is 1. The molecule has 0 aliphatic rings. The van der Waals surface area contributed by atoms with Gasteiger partial charge in [0.2, 0.25) is 0 Å². The van der Waals surface area contributed by atoms with Gasteiger partial charge < -0.3 is 19.5 Å². The minimum absolute atomic E-state index is 0.333. The molecule has 102 valence electrons. The van der Waals surface area contributed by atoms with Gasteiger partial charge in [-0.3, -0.25) is 0 Å². The van der Waals surface area contributed by atoms with Crippen LogP contribution in [0.15, 0.2) is 22.8 Å². The van der Waals surface area contributed by atoms with Crippen LogP contribution in [0.2, 0.25) is 0 Å². The highest BCUT2D eigenvalue weighted by atomic mass is 16.5. The van der Waals surface area contributed by atoms with E-state index in [0.29, 0.717) is 24.5 Å². The second-order valence-electron chi connectivity index (χ2n) is 4.36. The van der Waals surface area contributed by atoms with Crippen LogP contribution in [0.4, 0.5) is 5.82 Å². The second-order valence-corrected chi connectivity index (χ2v) is 4.36. The maximum Gasteiger partial charge on any atom is 0.342 e. The number of aromatic nitrogens is 1. The average molecular weight is 262 g/mol. The minimum atomic E-state index is -0.376. The molecule has 0 atom stereocenters. The summed E-state index contributed by atoms with van der Waals surface area (Å²) >= 11 is 0. The van der Waals surface area contributed by atoms with Crippen LogP contribution in [-0.4, -0.2) is 17.1 Å². The van der Waals surface area contributed by atoms with Crippen molar-refractivity contribution >= 4 is 11.8 Å². The zero-order valence-electron chi connectivity index (χ0n) is 11.4. The molecule has 0 fully saturated rings. The van der Waals surface area contributed by atoms with Crippen molar-refractivity contribution in [3.63, 3.8) is 0 Å². The summed E-state index contributed by atoms with van der Waals surface area (Å²) in [6.07, 6.45) is 1.61. The van der Waals surface area contributed by atoms with Gasteiger partial charge in [0, 0.05) is 5.69 Å². The molecule has 2 rings (SSSR count). The van der Waals surface area contributed by atoms with Crippen molar-refractivity contribution in [1.82, 2.24) is 4.57 Å². The molecule has 0 amide bonds. The van der Waals surface area contributed by atoms with Gasteiger partial charge in [-0.05, 0) is 38.5 Å². The van der Waals surface area contributed by atoms with Gasteiger partial charge in [0.15, 0.2) is 0 Å². The third kappa shape index (κ3) is 2.36. The maximum absolute atomic E-state index is 11.9. The Labute approximate surface area is 112 Å². The van der Waals surface area contributed by atoms with E-state index in [1.165, 1.54) is 0 Å². The van der Waals surface area contributed by atoms with Crippen molar-refractivity contribution in [2.24, 2.45) is 0 Å². The zero-order chi connectivity index (χ0) is 14.0. The first kappa shape index (κ1) is 13.3. The first-order valence-corrected chi connectivity index (χ1v) is 6.20. The number of anilines is 1. The lowest BCUT2D eigenvalue weighted by molar-refractivity contribution is 0.0527. The van der Waals surface area contributed by atoms with E-state index in [1.807, 2.05) is 30.5 Å². The lowest BCUT2D eigenvalue weighted by atomic mass is 10.1. The number of hydrogen-bond acceptors (Lipinski definition) is 4. The Balaban J connectivity index is 2.40. The van der Waals surface area contributed by atoms with E-state index in [2.05, 4.69) is 0 Å². The van der Waals surface area contributed by atoms with E-state index in [-0.39, 0.29) is 5.97 Å². The highest BCUT2D eigenvalue weighted by Gasteiger charge is 2.22. The number of ether oxygens (including phenoxy) is 1. The molecule has 2 aromatic heterocycles. The molecule has 2 N–H and O–H groups in total. The van der Waals surface area contributed by atoms with Crippen LogP contribution in [0.25, 0.3) is 0 Å². The van der Waals surface area contributed by atoms with Crippen LogP contribution in [0.3, 0.4) is 0 Å². The van der Waals surface area contributed by atoms with E-state index in [0.717, 1.165) is 17.0 Å². The van der Waals surface area contributed by atoms with Gasteiger partial charge in [-0.2, -0.15) is 0 Å². The van der Waals surface area contributed by atoms with E-state index >= 15 is 0 Å². The van der Waals surface area contributed by atoms with Crippen LogP contribution in [0.1, 0.15) is 34.3 Å². The number of nitrogen functional groups attached to an aromatic ring is 1. The van der Waals surface area contributed by atoms with Crippen molar-refractivity contribution < 1.29 is 13.9 Å². The molecule has 0 aliphatic heterocycles. The second kappa shape index (κ2) is 5.22. The molecule has 0 spiro atoms. The molecule has 0 saturated carbocycles. The van der Waals surface area contributed by atoms with Crippen LogP contribution < -0.4 is 5.73 Å². The van der Waals surface area contributed by atoms with Crippen LogP contribution in [0.5, 0.6) is 0 Å². The number of carbonyl (C=O) groups is 1. The SMILES string of the molecule is CCOC(=O)c1c(C)c(C)n(Cc2ccco2)c1N. The fourth-order valence-corrected chi connectivity index (χ4v) is 2.11. The summed E-state index contributed by atoms with van der Waals surface area (Å²) in [4.78, 5) is 11.9. The highest BCUT2D eigenvalue weighted by Crippen LogP contribution is 2.26. The highest BCUT2D eigenvalue weighted by molar-refractivity contribution is 5.96. The van der Waals surface area contributed by atoms with Crippen molar-refractivity contribution in [2.45, 2.75) is 27.3 Å². The summed E-state index contributed by atoms with van der Waals surface area (Å²) in [5, 5.41) is 0. The Morgan fingerprint density at radius 2 is 2.21 bits per heavy atom. The molecule has 0 aliphatic carbocycles. The van der Waals surface area contributed by atoms with Gasteiger partial charge in [-0.25, -0.2) is 4.79 Å². The summed E-state index contributed by atoms with van der Waals surface area (Å²) in [5.74, 6) is 0.837. The van der Waals surface area contributed by atoms with Crippen molar-refractivity contribution in [3.05, 3.63) is 41.0 Å². The molecule has 0 aromatic carbocycles. The van der Waals surface area contributed by atoms with Gasteiger partial charge in [-0.15, -0.1) is 0 Å².